The molecule has 2 N–H and O–H groups in total. The number of anilines is 1. The van der Waals surface area contributed by atoms with E-state index in [9.17, 15) is 18.0 Å². The Morgan fingerprint density at radius 3 is 2.54 bits per heavy atom. The summed E-state index contributed by atoms with van der Waals surface area (Å²) < 4.78 is 34.6. The zero-order valence-electron chi connectivity index (χ0n) is 16.1. The number of ether oxygens (including phenoxy) is 2. The van der Waals surface area contributed by atoms with Crippen molar-refractivity contribution >= 4 is 27.8 Å². The second-order valence-corrected chi connectivity index (χ2v) is 8.55. The summed E-state index contributed by atoms with van der Waals surface area (Å²) in [5.41, 5.74) is 0.602. The highest BCUT2D eigenvalue weighted by Gasteiger charge is 2.21. The zero-order chi connectivity index (χ0) is 20.6. The summed E-state index contributed by atoms with van der Waals surface area (Å²) >= 11 is 0. The normalized spacial score (nSPS) is 15.8. The number of rotatable bonds is 8. The minimum atomic E-state index is -3.16. The molecule has 156 valence electrons. The van der Waals surface area contributed by atoms with Crippen LogP contribution >= 0.6 is 0 Å². The lowest BCUT2D eigenvalue weighted by Crippen LogP contribution is -2.40. The van der Waals surface area contributed by atoms with E-state index in [0.29, 0.717) is 25.4 Å². The molecule has 0 bridgehead atoms. The number of sulfonamides is 1. The van der Waals surface area contributed by atoms with Crippen LogP contribution in [0.3, 0.4) is 0 Å². The number of nitrogens with zero attached hydrogens (tertiary/aromatic N) is 1. The SMILES string of the molecule is COC(=O)c1ccccc1NC(=O)OCC1CCN(CCNS(C)(=O)=O)CC1. The first-order valence-corrected chi connectivity index (χ1v) is 11.0. The number of methoxy groups -OCH3 is 1. The van der Waals surface area contributed by atoms with Gasteiger partial charge in [-0.15, -0.1) is 0 Å². The van der Waals surface area contributed by atoms with E-state index in [-0.39, 0.29) is 11.5 Å². The van der Waals surface area contributed by atoms with E-state index in [1.54, 1.807) is 24.3 Å². The molecule has 0 unspecified atom stereocenters. The van der Waals surface area contributed by atoms with Crippen LogP contribution in [0.25, 0.3) is 0 Å². The molecule has 0 atom stereocenters. The molecule has 1 heterocycles. The van der Waals surface area contributed by atoms with E-state index in [4.69, 9.17) is 9.47 Å². The quantitative estimate of drug-likeness (QED) is 0.617. The molecule has 2 rings (SSSR count). The summed E-state index contributed by atoms with van der Waals surface area (Å²) in [5, 5.41) is 2.58. The highest BCUT2D eigenvalue weighted by Crippen LogP contribution is 2.19. The Labute approximate surface area is 165 Å². The van der Waals surface area contributed by atoms with Gasteiger partial charge in [-0.25, -0.2) is 22.7 Å². The van der Waals surface area contributed by atoms with Crippen LogP contribution in [0.5, 0.6) is 0 Å². The first kappa shape index (κ1) is 22.1. The van der Waals surface area contributed by atoms with Gasteiger partial charge in [0.1, 0.15) is 0 Å². The van der Waals surface area contributed by atoms with E-state index in [1.807, 2.05) is 0 Å². The van der Waals surface area contributed by atoms with Gasteiger partial charge in [0.05, 0.1) is 31.2 Å². The third kappa shape index (κ3) is 7.45. The van der Waals surface area contributed by atoms with Crippen molar-refractivity contribution in [3.05, 3.63) is 29.8 Å². The molecule has 0 aliphatic carbocycles. The van der Waals surface area contributed by atoms with Crippen LogP contribution < -0.4 is 10.0 Å². The summed E-state index contributed by atoms with van der Waals surface area (Å²) in [7, 11) is -1.88. The zero-order valence-corrected chi connectivity index (χ0v) is 17.0. The third-order valence-electron chi connectivity index (χ3n) is 4.52. The van der Waals surface area contributed by atoms with Crippen molar-refractivity contribution < 1.29 is 27.5 Å². The van der Waals surface area contributed by atoms with Gasteiger partial charge in [-0.3, -0.25) is 5.32 Å². The molecule has 0 radical (unpaired) electrons. The smallest absolute Gasteiger partial charge is 0.411 e. The number of hydrogen-bond donors (Lipinski definition) is 2. The standard InChI is InChI=1S/C18H27N3O6S/c1-26-17(22)15-5-3-4-6-16(15)20-18(23)27-13-14-7-10-21(11-8-14)12-9-19-28(2,24)25/h3-6,14,19H,7-13H2,1-2H3,(H,20,23). The maximum Gasteiger partial charge on any atom is 0.411 e. The minimum absolute atomic E-state index is 0.251. The van der Waals surface area contributed by atoms with Gasteiger partial charge in [0.2, 0.25) is 10.0 Å². The summed E-state index contributed by atoms with van der Waals surface area (Å²) in [4.78, 5) is 26.0. The number of nitrogens with one attached hydrogen (secondary N) is 2. The fourth-order valence-electron chi connectivity index (χ4n) is 2.99. The Morgan fingerprint density at radius 2 is 1.89 bits per heavy atom. The van der Waals surface area contributed by atoms with Crippen LogP contribution in [0, 0.1) is 5.92 Å². The topological polar surface area (TPSA) is 114 Å². The largest absolute Gasteiger partial charge is 0.465 e. The number of carbonyl (C=O) groups is 2. The first-order valence-electron chi connectivity index (χ1n) is 9.06. The number of esters is 1. The van der Waals surface area contributed by atoms with Crippen molar-refractivity contribution in [1.29, 1.82) is 0 Å². The van der Waals surface area contributed by atoms with Gasteiger partial charge in [-0.05, 0) is 44.0 Å². The average molecular weight is 413 g/mol. The molecule has 0 spiro atoms. The number of benzene rings is 1. The molecular formula is C18H27N3O6S. The van der Waals surface area contributed by atoms with Crippen LogP contribution in [-0.2, 0) is 19.5 Å². The Morgan fingerprint density at radius 1 is 1.21 bits per heavy atom. The van der Waals surface area contributed by atoms with Crippen molar-refractivity contribution in [2.75, 3.05) is 51.5 Å². The first-order chi connectivity index (χ1) is 13.3. The van der Waals surface area contributed by atoms with Crippen LogP contribution in [-0.4, -0.2) is 71.5 Å². The van der Waals surface area contributed by atoms with Crippen molar-refractivity contribution in [3.8, 4) is 0 Å². The minimum Gasteiger partial charge on any atom is -0.465 e. The molecule has 1 aliphatic heterocycles. The summed E-state index contributed by atoms with van der Waals surface area (Å²) in [5.74, 6) is -0.283. The number of para-hydroxylation sites is 1. The molecule has 28 heavy (non-hydrogen) atoms. The van der Waals surface area contributed by atoms with Crippen molar-refractivity contribution in [2.45, 2.75) is 12.8 Å². The molecule has 1 aromatic carbocycles. The van der Waals surface area contributed by atoms with Gasteiger partial charge in [0.25, 0.3) is 0 Å². The number of carbonyl (C=O) groups excluding carboxylic acids is 2. The van der Waals surface area contributed by atoms with Gasteiger partial charge >= 0.3 is 12.1 Å². The molecule has 1 aliphatic rings. The van der Waals surface area contributed by atoms with Crippen molar-refractivity contribution in [3.63, 3.8) is 0 Å². The Bertz CT molecular complexity index is 775. The van der Waals surface area contributed by atoms with E-state index in [2.05, 4.69) is 14.9 Å². The molecule has 1 amide bonds. The molecule has 1 aromatic rings. The molecule has 9 nitrogen and oxygen atoms in total. The predicted molar refractivity (Wildman–Crippen MR) is 105 cm³/mol. The molecular weight excluding hydrogens is 386 g/mol. The Hall–Kier alpha value is -2.17. The second-order valence-electron chi connectivity index (χ2n) is 6.71. The lowest BCUT2D eigenvalue weighted by Gasteiger charge is -2.31. The lowest BCUT2D eigenvalue weighted by molar-refractivity contribution is 0.0602. The van der Waals surface area contributed by atoms with Crippen molar-refractivity contribution in [1.82, 2.24) is 9.62 Å². The number of amides is 1. The van der Waals surface area contributed by atoms with E-state index >= 15 is 0 Å². The molecule has 0 saturated carbocycles. The predicted octanol–water partition coefficient (Wildman–Crippen LogP) is 1.28. The van der Waals surface area contributed by atoms with E-state index in [0.717, 1.165) is 32.2 Å². The average Bonchev–Trinajstić information content (AvgIpc) is 2.66. The van der Waals surface area contributed by atoms with Crippen LogP contribution in [0.2, 0.25) is 0 Å². The van der Waals surface area contributed by atoms with E-state index in [1.165, 1.54) is 7.11 Å². The lowest BCUT2D eigenvalue weighted by atomic mass is 9.98. The third-order valence-corrected chi connectivity index (χ3v) is 5.25. The van der Waals surface area contributed by atoms with Crippen LogP contribution in [0.15, 0.2) is 24.3 Å². The number of hydrogen-bond acceptors (Lipinski definition) is 7. The fraction of sp³-hybridized carbons (Fsp3) is 0.556. The summed E-state index contributed by atoms with van der Waals surface area (Å²) in [6.45, 7) is 2.99. The van der Waals surface area contributed by atoms with Gasteiger partial charge in [0.15, 0.2) is 0 Å². The monoisotopic (exact) mass is 413 g/mol. The molecule has 1 fully saturated rings. The van der Waals surface area contributed by atoms with E-state index < -0.39 is 22.1 Å². The van der Waals surface area contributed by atoms with Crippen LogP contribution in [0.1, 0.15) is 23.2 Å². The second kappa shape index (κ2) is 10.4. The maximum atomic E-state index is 12.1. The highest BCUT2D eigenvalue weighted by molar-refractivity contribution is 7.88. The Kier molecular flexibility index (Phi) is 8.21. The van der Waals surface area contributed by atoms with Gasteiger partial charge < -0.3 is 14.4 Å². The number of likely N-dealkylation sites (tertiary alicyclic amines) is 1. The van der Waals surface area contributed by atoms with Gasteiger partial charge in [-0.2, -0.15) is 0 Å². The fourth-order valence-corrected chi connectivity index (χ4v) is 3.45. The van der Waals surface area contributed by atoms with Gasteiger partial charge in [-0.1, -0.05) is 12.1 Å². The summed E-state index contributed by atoms with van der Waals surface area (Å²) in [6, 6.07) is 6.56. The van der Waals surface area contributed by atoms with Crippen LogP contribution in [0.4, 0.5) is 10.5 Å². The summed E-state index contributed by atoms with van der Waals surface area (Å²) in [6.07, 6.45) is 2.26. The highest BCUT2D eigenvalue weighted by atomic mass is 32.2. The number of piperidine rings is 1. The maximum absolute atomic E-state index is 12.1. The Balaban J connectivity index is 1.71. The molecule has 10 heteroatoms. The molecule has 0 aromatic heterocycles. The van der Waals surface area contributed by atoms with Gasteiger partial charge in [0, 0.05) is 13.1 Å². The molecule has 1 saturated heterocycles. The van der Waals surface area contributed by atoms with Crippen molar-refractivity contribution in [2.24, 2.45) is 5.92 Å².